The molecule has 1 heterocycles. The quantitative estimate of drug-likeness (QED) is 0.520. The molecule has 1 aromatic heterocycles. The minimum Gasteiger partial charge on any atom is -0.476 e. The van der Waals surface area contributed by atoms with Crippen LogP contribution in [0.25, 0.3) is 0 Å². The molecule has 2 nitrogen and oxygen atoms in total. The van der Waals surface area contributed by atoms with Gasteiger partial charge in [-0.3, -0.25) is 0 Å². The van der Waals surface area contributed by atoms with E-state index in [1.165, 1.54) is 0 Å². The van der Waals surface area contributed by atoms with Crippen LogP contribution in [-0.4, -0.2) is 11.9 Å². The Bertz CT molecular complexity index is 145. The minimum atomic E-state index is -0.481. The van der Waals surface area contributed by atoms with Gasteiger partial charge in [0.15, 0.2) is 0 Å². The molecule has 0 aromatic carbocycles. The van der Waals surface area contributed by atoms with Gasteiger partial charge in [-0.15, -0.1) is 0 Å². The van der Waals surface area contributed by atoms with Gasteiger partial charge < -0.3 is 9.44 Å². The first kappa shape index (κ1) is 5.44. The Hall–Kier alpha value is -0.695. The topological polar surface area (TPSA) is 33.4 Å². The van der Waals surface area contributed by atoms with Gasteiger partial charge in [-0.2, -0.15) is 0 Å². The van der Waals surface area contributed by atoms with E-state index in [4.69, 9.17) is 9.44 Å². The lowest BCUT2D eigenvalue weighted by atomic mass is 9.69. The van der Waals surface area contributed by atoms with E-state index in [1.807, 2.05) is 0 Å². The largest absolute Gasteiger partial charge is 0.476 e. The average molecular weight is 110 g/mol. The first-order valence-electron chi connectivity index (χ1n) is 2.52. The van der Waals surface area contributed by atoms with Crippen molar-refractivity contribution in [3.63, 3.8) is 0 Å². The fourth-order valence-corrected chi connectivity index (χ4v) is 0.529. The Morgan fingerprint density at radius 2 is 2.50 bits per heavy atom. The third-order valence-electron chi connectivity index (χ3n) is 0.955. The molecule has 1 N–H and O–H groups in total. The van der Waals surface area contributed by atoms with E-state index in [2.05, 4.69) is 0 Å². The van der Waals surface area contributed by atoms with Crippen molar-refractivity contribution in [3.8, 4) is 0 Å². The van der Waals surface area contributed by atoms with E-state index >= 15 is 0 Å². The molecule has 0 fully saturated rings. The van der Waals surface area contributed by atoms with Gasteiger partial charge in [0.05, 0.1) is 11.9 Å². The van der Waals surface area contributed by atoms with E-state index in [0.29, 0.717) is 5.66 Å². The maximum atomic E-state index is 8.82. The third-order valence-corrected chi connectivity index (χ3v) is 0.955. The van der Waals surface area contributed by atoms with Crippen molar-refractivity contribution in [1.29, 1.82) is 0 Å². The van der Waals surface area contributed by atoms with Crippen molar-refractivity contribution in [1.82, 2.24) is 0 Å². The molecule has 0 aliphatic heterocycles. The maximum Gasteiger partial charge on any atom is 0.362 e. The molecule has 0 unspecified atom stereocenters. The van der Waals surface area contributed by atoms with Gasteiger partial charge in [0.25, 0.3) is 0 Å². The number of hydrogen-bond acceptors (Lipinski definition) is 2. The highest BCUT2D eigenvalue weighted by Crippen LogP contribution is 1.84. The van der Waals surface area contributed by atoms with Crippen LogP contribution in [0.15, 0.2) is 22.8 Å². The molecule has 1 rings (SSSR count). The van der Waals surface area contributed by atoms with Crippen LogP contribution in [0.2, 0.25) is 6.82 Å². The van der Waals surface area contributed by atoms with Crippen LogP contribution < -0.4 is 5.66 Å². The van der Waals surface area contributed by atoms with Crippen LogP contribution in [0.4, 0.5) is 0 Å². The normalized spacial score (nSPS) is 9.25. The lowest BCUT2D eigenvalue weighted by Gasteiger charge is -1.88. The molecule has 0 atom stereocenters. The first-order valence-corrected chi connectivity index (χ1v) is 2.52. The molecule has 42 valence electrons. The second kappa shape index (κ2) is 2.05. The summed E-state index contributed by atoms with van der Waals surface area (Å²) in [7, 11) is 0. The van der Waals surface area contributed by atoms with Crippen LogP contribution in [0.3, 0.4) is 0 Å². The van der Waals surface area contributed by atoms with Crippen LogP contribution in [0.5, 0.6) is 0 Å². The molecule has 3 heteroatoms. The van der Waals surface area contributed by atoms with E-state index in [0.717, 1.165) is 0 Å². The molecule has 0 spiro atoms. The van der Waals surface area contributed by atoms with Gasteiger partial charge in [0, 0.05) is 0 Å². The van der Waals surface area contributed by atoms with Gasteiger partial charge >= 0.3 is 6.92 Å². The highest BCUT2D eigenvalue weighted by Gasteiger charge is 2.07. The van der Waals surface area contributed by atoms with Crippen molar-refractivity contribution in [2.45, 2.75) is 6.82 Å². The summed E-state index contributed by atoms with van der Waals surface area (Å²) in [4.78, 5) is 0. The summed E-state index contributed by atoms with van der Waals surface area (Å²) in [5, 5.41) is 8.82. The third kappa shape index (κ3) is 0.926. The van der Waals surface area contributed by atoms with Crippen LogP contribution in [0.1, 0.15) is 0 Å². The Labute approximate surface area is 48.2 Å². The SMILES string of the molecule is CB(O)c1ccco1. The van der Waals surface area contributed by atoms with E-state index in [9.17, 15) is 0 Å². The molecule has 0 amide bonds. The summed E-state index contributed by atoms with van der Waals surface area (Å²) >= 11 is 0. The fourth-order valence-electron chi connectivity index (χ4n) is 0.529. The second-order valence-corrected chi connectivity index (χ2v) is 1.69. The molecule has 0 aliphatic rings. The van der Waals surface area contributed by atoms with Crippen molar-refractivity contribution >= 4 is 12.6 Å². The molecule has 8 heavy (non-hydrogen) atoms. The van der Waals surface area contributed by atoms with Gasteiger partial charge in [-0.25, -0.2) is 0 Å². The van der Waals surface area contributed by atoms with Gasteiger partial charge in [-0.1, -0.05) is 6.82 Å². The van der Waals surface area contributed by atoms with Gasteiger partial charge in [0.1, 0.15) is 0 Å². The van der Waals surface area contributed by atoms with E-state index in [1.54, 1.807) is 25.2 Å². The Morgan fingerprint density at radius 3 is 2.75 bits per heavy atom. The fraction of sp³-hybridized carbons (Fsp3) is 0.200. The first-order chi connectivity index (χ1) is 3.80. The molecule has 0 aliphatic carbocycles. The van der Waals surface area contributed by atoms with Crippen molar-refractivity contribution < 1.29 is 9.44 Å². The average Bonchev–Trinajstić information content (AvgIpc) is 2.12. The summed E-state index contributed by atoms with van der Waals surface area (Å²) < 4.78 is 4.84. The Balaban J connectivity index is 2.77. The van der Waals surface area contributed by atoms with Crippen LogP contribution >= 0.6 is 0 Å². The van der Waals surface area contributed by atoms with Crippen LogP contribution in [0, 0.1) is 0 Å². The second-order valence-electron chi connectivity index (χ2n) is 1.69. The molecule has 0 bridgehead atoms. The zero-order valence-corrected chi connectivity index (χ0v) is 4.66. The summed E-state index contributed by atoms with van der Waals surface area (Å²) in [6.07, 6.45) is 1.54. The molecule has 0 saturated carbocycles. The maximum absolute atomic E-state index is 8.82. The smallest absolute Gasteiger partial charge is 0.362 e. The number of furan rings is 1. The van der Waals surface area contributed by atoms with E-state index < -0.39 is 6.92 Å². The monoisotopic (exact) mass is 110 g/mol. The summed E-state index contributed by atoms with van der Waals surface area (Å²) in [5.74, 6) is 0. The summed E-state index contributed by atoms with van der Waals surface area (Å²) in [6, 6.07) is 3.49. The van der Waals surface area contributed by atoms with Crippen molar-refractivity contribution in [2.75, 3.05) is 0 Å². The van der Waals surface area contributed by atoms with Crippen molar-refractivity contribution in [2.24, 2.45) is 0 Å². The highest BCUT2D eigenvalue weighted by atomic mass is 16.3. The lowest BCUT2D eigenvalue weighted by molar-refractivity contribution is 0.548. The standard InChI is InChI=1S/C5H7BO2/c1-6(7)5-3-2-4-8-5/h2-4,7H,1H3. The zero-order chi connectivity index (χ0) is 5.98. The summed E-state index contributed by atoms with van der Waals surface area (Å²) in [6.45, 7) is 1.18. The van der Waals surface area contributed by atoms with E-state index in [-0.39, 0.29) is 0 Å². The van der Waals surface area contributed by atoms with Crippen LogP contribution in [-0.2, 0) is 0 Å². The molecule has 0 radical (unpaired) electrons. The Morgan fingerprint density at radius 1 is 1.75 bits per heavy atom. The minimum absolute atomic E-state index is 0.481. The predicted octanol–water partition coefficient (Wildman–Crippen LogP) is 0.100. The molecule has 0 saturated heterocycles. The molecule has 1 aromatic rings. The number of hydrogen-bond donors (Lipinski definition) is 1. The Kier molecular flexibility index (Phi) is 1.39. The molecular weight excluding hydrogens is 103 g/mol. The van der Waals surface area contributed by atoms with Gasteiger partial charge in [-0.05, 0) is 12.1 Å². The lowest BCUT2D eigenvalue weighted by Crippen LogP contribution is -2.23. The zero-order valence-electron chi connectivity index (χ0n) is 4.66. The highest BCUT2D eigenvalue weighted by molar-refractivity contribution is 6.63. The molecular formula is C5H7BO2. The van der Waals surface area contributed by atoms with Crippen molar-refractivity contribution in [3.05, 3.63) is 18.4 Å². The van der Waals surface area contributed by atoms with Gasteiger partial charge in [0.2, 0.25) is 0 Å². The predicted molar refractivity (Wildman–Crippen MR) is 32.2 cm³/mol. The number of rotatable bonds is 1. The summed E-state index contributed by atoms with van der Waals surface area (Å²) in [5.41, 5.74) is 0.616.